The van der Waals surface area contributed by atoms with Crippen LogP contribution in [0.5, 0.6) is 0 Å². The lowest BCUT2D eigenvalue weighted by atomic mass is 10.0. The zero-order chi connectivity index (χ0) is 14.3. The van der Waals surface area contributed by atoms with Crippen LogP contribution in [-0.2, 0) is 22.7 Å². The van der Waals surface area contributed by atoms with Gasteiger partial charge in [0.05, 0.1) is 12.6 Å². The Balaban J connectivity index is 0.00000361. The third kappa shape index (κ3) is 6.89. The Morgan fingerprint density at radius 1 is 1.25 bits per heavy atom. The molecule has 1 atom stereocenters. The molecule has 4 nitrogen and oxygen atoms in total. The Morgan fingerprint density at radius 3 is 2.30 bits per heavy atom. The number of methoxy groups -OCH3 is 1. The van der Waals surface area contributed by atoms with Gasteiger partial charge in [0.2, 0.25) is 5.91 Å². The van der Waals surface area contributed by atoms with Crippen LogP contribution in [0.2, 0.25) is 0 Å². The first-order valence-electron chi connectivity index (χ1n) is 6.63. The summed E-state index contributed by atoms with van der Waals surface area (Å²) in [5.41, 5.74) is 8.00. The molecular formula is C15H25ClN2O2. The van der Waals surface area contributed by atoms with Gasteiger partial charge >= 0.3 is 0 Å². The van der Waals surface area contributed by atoms with Gasteiger partial charge in [0.1, 0.15) is 0 Å². The number of halogens is 1. The van der Waals surface area contributed by atoms with Crippen LogP contribution in [0.3, 0.4) is 0 Å². The number of carbonyl (C=O) groups excluding carboxylic acids is 1. The molecule has 0 heterocycles. The van der Waals surface area contributed by atoms with Crippen molar-refractivity contribution in [2.24, 2.45) is 11.7 Å². The number of hydrogen-bond donors (Lipinski definition) is 2. The second-order valence-electron chi connectivity index (χ2n) is 5.20. The molecule has 3 N–H and O–H groups in total. The van der Waals surface area contributed by atoms with Crippen molar-refractivity contribution in [2.75, 3.05) is 7.11 Å². The second-order valence-corrected chi connectivity index (χ2v) is 5.20. The molecule has 0 saturated heterocycles. The van der Waals surface area contributed by atoms with Crippen LogP contribution in [0, 0.1) is 5.92 Å². The molecule has 5 heteroatoms. The lowest BCUT2D eigenvalue weighted by Gasteiger charge is -2.14. The zero-order valence-electron chi connectivity index (χ0n) is 12.4. The van der Waals surface area contributed by atoms with Crippen LogP contribution in [0.15, 0.2) is 24.3 Å². The lowest BCUT2D eigenvalue weighted by molar-refractivity contribution is -0.122. The maximum Gasteiger partial charge on any atom is 0.237 e. The maximum absolute atomic E-state index is 11.8. The molecule has 0 fully saturated rings. The van der Waals surface area contributed by atoms with Crippen LogP contribution < -0.4 is 11.1 Å². The molecule has 0 spiro atoms. The van der Waals surface area contributed by atoms with Gasteiger partial charge in [-0.15, -0.1) is 12.4 Å². The van der Waals surface area contributed by atoms with Gasteiger partial charge in [0, 0.05) is 13.7 Å². The summed E-state index contributed by atoms with van der Waals surface area (Å²) in [7, 11) is 1.67. The first kappa shape index (κ1) is 18.9. The van der Waals surface area contributed by atoms with E-state index >= 15 is 0 Å². The van der Waals surface area contributed by atoms with Gasteiger partial charge in [-0.25, -0.2) is 0 Å². The summed E-state index contributed by atoms with van der Waals surface area (Å²) in [5.74, 6) is 0.337. The predicted molar refractivity (Wildman–Crippen MR) is 83.7 cm³/mol. The Morgan fingerprint density at radius 2 is 1.80 bits per heavy atom. The molecule has 1 aromatic rings. The molecule has 0 saturated carbocycles. The van der Waals surface area contributed by atoms with Crippen LogP contribution in [0.1, 0.15) is 31.4 Å². The number of hydrogen-bond acceptors (Lipinski definition) is 3. The molecule has 0 aliphatic rings. The zero-order valence-corrected chi connectivity index (χ0v) is 13.2. The monoisotopic (exact) mass is 300 g/mol. The van der Waals surface area contributed by atoms with Crippen molar-refractivity contribution in [3.63, 3.8) is 0 Å². The molecule has 0 bridgehead atoms. The van der Waals surface area contributed by atoms with E-state index in [0.29, 0.717) is 25.5 Å². The molecule has 1 aromatic carbocycles. The molecule has 0 radical (unpaired) electrons. The average molecular weight is 301 g/mol. The number of benzene rings is 1. The van der Waals surface area contributed by atoms with E-state index in [2.05, 4.69) is 19.2 Å². The van der Waals surface area contributed by atoms with Gasteiger partial charge in [-0.2, -0.15) is 0 Å². The summed E-state index contributed by atoms with van der Waals surface area (Å²) < 4.78 is 5.05. The Bertz CT molecular complexity index is 393. The topological polar surface area (TPSA) is 64.3 Å². The average Bonchev–Trinajstić information content (AvgIpc) is 2.37. The fraction of sp³-hybridized carbons (Fsp3) is 0.533. The third-order valence-corrected chi connectivity index (χ3v) is 2.86. The van der Waals surface area contributed by atoms with E-state index in [1.54, 1.807) is 7.11 Å². The summed E-state index contributed by atoms with van der Waals surface area (Å²) in [6.07, 6.45) is 0.707. The smallest absolute Gasteiger partial charge is 0.237 e. The van der Waals surface area contributed by atoms with Gasteiger partial charge < -0.3 is 15.8 Å². The first-order chi connectivity index (χ1) is 9.02. The lowest BCUT2D eigenvalue weighted by Crippen LogP contribution is -2.41. The summed E-state index contributed by atoms with van der Waals surface area (Å²) in [6, 6.07) is 7.55. The number of nitrogens with two attached hydrogens (primary N) is 1. The van der Waals surface area contributed by atoms with E-state index in [9.17, 15) is 4.79 Å². The van der Waals surface area contributed by atoms with Crippen molar-refractivity contribution >= 4 is 18.3 Å². The molecular weight excluding hydrogens is 276 g/mol. The molecule has 20 heavy (non-hydrogen) atoms. The summed E-state index contributed by atoms with van der Waals surface area (Å²) in [5, 5.41) is 2.86. The first-order valence-corrected chi connectivity index (χ1v) is 6.63. The van der Waals surface area contributed by atoms with E-state index in [1.165, 1.54) is 0 Å². The standard InChI is InChI=1S/C15H24N2O2.ClH/c1-11(2)8-14(16)15(18)17-9-12-4-6-13(7-5-12)10-19-3;/h4-7,11,14H,8-10,16H2,1-3H3,(H,17,18);1H/t14-;/m0./s1. The van der Waals surface area contributed by atoms with Crippen molar-refractivity contribution in [3.05, 3.63) is 35.4 Å². The van der Waals surface area contributed by atoms with Gasteiger partial charge in [-0.3, -0.25) is 4.79 Å². The van der Waals surface area contributed by atoms with E-state index in [4.69, 9.17) is 10.5 Å². The highest BCUT2D eigenvalue weighted by molar-refractivity contribution is 5.85. The van der Waals surface area contributed by atoms with Crippen molar-refractivity contribution in [1.29, 1.82) is 0 Å². The minimum absolute atomic E-state index is 0. The van der Waals surface area contributed by atoms with Crippen molar-refractivity contribution < 1.29 is 9.53 Å². The number of carbonyl (C=O) groups is 1. The highest BCUT2D eigenvalue weighted by Crippen LogP contribution is 2.06. The Labute approximate surface area is 127 Å². The fourth-order valence-electron chi connectivity index (χ4n) is 1.86. The van der Waals surface area contributed by atoms with E-state index in [-0.39, 0.29) is 18.3 Å². The van der Waals surface area contributed by atoms with Crippen LogP contribution in [0.25, 0.3) is 0 Å². The van der Waals surface area contributed by atoms with Crippen LogP contribution in [-0.4, -0.2) is 19.1 Å². The van der Waals surface area contributed by atoms with Crippen molar-refractivity contribution in [3.8, 4) is 0 Å². The molecule has 114 valence electrons. The van der Waals surface area contributed by atoms with Gasteiger partial charge in [0.15, 0.2) is 0 Å². The number of amides is 1. The minimum atomic E-state index is -0.423. The largest absolute Gasteiger partial charge is 0.380 e. The molecule has 0 unspecified atom stereocenters. The SMILES string of the molecule is COCc1ccc(CNC(=O)[C@@H](N)CC(C)C)cc1.Cl. The van der Waals surface area contributed by atoms with Gasteiger partial charge in [-0.1, -0.05) is 38.1 Å². The number of ether oxygens (including phenoxy) is 1. The summed E-state index contributed by atoms with van der Waals surface area (Å²) in [6.45, 7) is 5.23. The Kier molecular flexibility index (Phi) is 9.21. The maximum atomic E-state index is 11.8. The minimum Gasteiger partial charge on any atom is -0.380 e. The number of nitrogens with one attached hydrogen (secondary N) is 1. The Hall–Kier alpha value is -1.10. The summed E-state index contributed by atoms with van der Waals surface area (Å²) in [4.78, 5) is 11.8. The highest BCUT2D eigenvalue weighted by atomic mass is 35.5. The van der Waals surface area contributed by atoms with Crippen LogP contribution in [0.4, 0.5) is 0 Å². The second kappa shape index (κ2) is 9.75. The molecule has 0 aliphatic carbocycles. The molecule has 1 amide bonds. The normalized spacial score (nSPS) is 11.8. The van der Waals surface area contributed by atoms with E-state index in [0.717, 1.165) is 11.1 Å². The van der Waals surface area contributed by atoms with E-state index in [1.807, 2.05) is 24.3 Å². The summed E-state index contributed by atoms with van der Waals surface area (Å²) >= 11 is 0. The van der Waals surface area contributed by atoms with Crippen LogP contribution >= 0.6 is 12.4 Å². The fourth-order valence-corrected chi connectivity index (χ4v) is 1.86. The van der Waals surface area contributed by atoms with Crippen molar-refractivity contribution in [2.45, 2.75) is 39.5 Å². The molecule has 1 rings (SSSR count). The van der Waals surface area contributed by atoms with E-state index < -0.39 is 6.04 Å². The predicted octanol–water partition coefficient (Wildman–Crippen LogP) is 2.24. The molecule has 0 aromatic heterocycles. The van der Waals surface area contributed by atoms with Gasteiger partial charge in [-0.05, 0) is 23.5 Å². The molecule has 0 aliphatic heterocycles. The number of rotatable bonds is 7. The van der Waals surface area contributed by atoms with Gasteiger partial charge in [0.25, 0.3) is 0 Å². The third-order valence-electron chi connectivity index (χ3n) is 2.86. The highest BCUT2D eigenvalue weighted by Gasteiger charge is 2.14. The quantitative estimate of drug-likeness (QED) is 0.812. The van der Waals surface area contributed by atoms with Crippen molar-refractivity contribution in [1.82, 2.24) is 5.32 Å².